The lowest BCUT2D eigenvalue weighted by molar-refractivity contribution is -0.122. The van der Waals surface area contributed by atoms with Crippen LogP contribution in [-0.2, 0) is 4.79 Å². The van der Waals surface area contributed by atoms with Crippen molar-refractivity contribution in [1.29, 1.82) is 0 Å². The first-order chi connectivity index (χ1) is 10.0. The van der Waals surface area contributed by atoms with E-state index in [2.05, 4.69) is 19.2 Å². The first-order valence-electron chi connectivity index (χ1n) is 8.14. The Labute approximate surface area is 129 Å². The summed E-state index contributed by atoms with van der Waals surface area (Å²) in [4.78, 5) is 12.1. The van der Waals surface area contributed by atoms with Crippen LogP contribution < -0.4 is 11.1 Å². The lowest BCUT2D eigenvalue weighted by Crippen LogP contribution is -2.28. The number of nitrogens with one attached hydrogen (secondary N) is 1. The van der Waals surface area contributed by atoms with Crippen molar-refractivity contribution in [2.75, 3.05) is 12.3 Å². The number of hydrogen-bond donors (Lipinski definition) is 2. The van der Waals surface area contributed by atoms with Crippen LogP contribution in [0.1, 0.15) is 64.4 Å². The third-order valence-corrected chi connectivity index (χ3v) is 3.81. The fraction of sp³-hybridized carbons (Fsp3) is 0.611. The number of unbranched alkanes of at least 4 members (excludes halogenated alkanes) is 3. The van der Waals surface area contributed by atoms with Gasteiger partial charge in [-0.1, -0.05) is 51.7 Å². The monoisotopic (exact) mass is 290 g/mol. The predicted octanol–water partition coefficient (Wildman–Crippen LogP) is 4.10. The summed E-state index contributed by atoms with van der Waals surface area (Å²) in [6.45, 7) is 7.22. The van der Waals surface area contributed by atoms with E-state index in [1.807, 2.05) is 31.2 Å². The van der Waals surface area contributed by atoms with Crippen LogP contribution in [0.25, 0.3) is 0 Å². The van der Waals surface area contributed by atoms with E-state index in [-0.39, 0.29) is 11.8 Å². The minimum atomic E-state index is -0.144. The van der Waals surface area contributed by atoms with E-state index in [4.69, 9.17) is 5.73 Å². The van der Waals surface area contributed by atoms with Gasteiger partial charge in [-0.3, -0.25) is 4.79 Å². The average Bonchev–Trinajstić information content (AvgIpc) is 2.45. The molecule has 0 aliphatic heterocycles. The van der Waals surface area contributed by atoms with Crippen molar-refractivity contribution in [2.45, 2.75) is 58.8 Å². The maximum atomic E-state index is 12.1. The summed E-state index contributed by atoms with van der Waals surface area (Å²) in [6.07, 6.45) is 6.12. The molecule has 0 heterocycles. The minimum absolute atomic E-state index is 0.0859. The van der Waals surface area contributed by atoms with Crippen molar-refractivity contribution >= 4 is 11.6 Å². The number of carbonyl (C=O) groups excluding carboxylic acids is 1. The van der Waals surface area contributed by atoms with Crippen molar-refractivity contribution in [3.63, 3.8) is 0 Å². The molecular weight excluding hydrogens is 260 g/mol. The summed E-state index contributed by atoms with van der Waals surface area (Å²) in [6, 6.07) is 7.55. The highest BCUT2D eigenvalue weighted by Gasteiger charge is 2.14. The predicted molar refractivity (Wildman–Crippen MR) is 90.2 cm³/mol. The topological polar surface area (TPSA) is 55.1 Å². The Morgan fingerprint density at radius 1 is 1.14 bits per heavy atom. The Kier molecular flexibility index (Phi) is 7.88. The van der Waals surface area contributed by atoms with E-state index < -0.39 is 0 Å². The Hall–Kier alpha value is -1.51. The molecule has 1 aromatic rings. The standard InChI is InChI=1S/C18H30N2O/c1-14(2)9-6-4-5-7-12-20-18(21)15(3)16-10-8-11-17(19)13-16/h8,10-11,13-15H,4-7,9,12,19H2,1-3H3,(H,20,21). The van der Waals surface area contributed by atoms with Crippen molar-refractivity contribution in [3.05, 3.63) is 29.8 Å². The maximum Gasteiger partial charge on any atom is 0.227 e. The summed E-state index contributed by atoms with van der Waals surface area (Å²) < 4.78 is 0. The molecule has 0 aliphatic rings. The summed E-state index contributed by atoms with van der Waals surface area (Å²) in [5.41, 5.74) is 7.44. The highest BCUT2D eigenvalue weighted by molar-refractivity contribution is 5.83. The van der Waals surface area contributed by atoms with Gasteiger partial charge in [0.05, 0.1) is 5.92 Å². The van der Waals surface area contributed by atoms with E-state index in [9.17, 15) is 4.79 Å². The summed E-state index contributed by atoms with van der Waals surface area (Å²) in [5.74, 6) is 0.737. The number of anilines is 1. The quantitative estimate of drug-likeness (QED) is 0.531. The lowest BCUT2D eigenvalue weighted by atomic mass is 10.00. The van der Waals surface area contributed by atoms with E-state index in [1.54, 1.807) is 0 Å². The fourth-order valence-electron chi connectivity index (χ4n) is 2.38. The minimum Gasteiger partial charge on any atom is -0.399 e. The summed E-state index contributed by atoms with van der Waals surface area (Å²) in [7, 11) is 0. The van der Waals surface area contributed by atoms with Crippen LogP contribution >= 0.6 is 0 Å². The van der Waals surface area contributed by atoms with Crippen LogP contribution in [0.15, 0.2) is 24.3 Å². The second-order valence-electron chi connectivity index (χ2n) is 6.28. The molecule has 1 aromatic carbocycles. The first kappa shape index (κ1) is 17.5. The number of nitrogens with two attached hydrogens (primary N) is 1. The van der Waals surface area contributed by atoms with Gasteiger partial charge >= 0.3 is 0 Å². The molecule has 0 saturated carbocycles. The molecule has 0 fully saturated rings. The first-order valence-corrected chi connectivity index (χ1v) is 8.14. The summed E-state index contributed by atoms with van der Waals surface area (Å²) in [5, 5.41) is 3.02. The third-order valence-electron chi connectivity index (χ3n) is 3.81. The van der Waals surface area contributed by atoms with Gasteiger partial charge in [0.25, 0.3) is 0 Å². The zero-order valence-corrected chi connectivity index (χ0v) is 13.7. The van der Waals surface area contributed by atoms with Gasteiger partial charge in [-0.15, -0.1) is 0 Å². The average molecular weight is 290 g/mol. The molecule has 1 atom stereocenters. The highest BCUT2D eigenvalue weighted by Crippen LogP contribution is 2.17. The largest absolute Gasteiger partial charge is 0.399 e. The smallest absolute Gasteiger partial charge is 0.227 e. The number of amides is 1. The van der Waals surface area contributed by atoms with Crippen molar-refractivity contribution in [2.24, 2.45) is 5.92 Å². The molecule has 0 radical (unpaired) electrons. The van der Waals surface area contributed by atoms with Gasteiger partial charge in [0.15, 0.2) is 0 Å². The van der Waals surface area contributed by atoms with Gasteiger partial charge in [0.1, 0.15) is 0 Å². The van der Waals surface area contributed by atoms with Crippen LogP contribution in [0.3, 0.4) is 0 Å². The van der Waals surface area contributed by atoms with E-state index >= 15 is 0 Å². The number of carbonyl (C=O) groups is 1. The maximum absolute atomic E-state index is 12.1. The Balaban J connectivity index is 2.19. The zero-order valence-electron chi connectivity index (χ0n) is 13.7. The Bertz CT molecular complexity index is 429. The molecule has 0 spiro atoms. The van der Waals surface area contributed by atoms with Gasteiger partial charge in [-0.2, -0.15) is 0 Å². The molecule has 0 bridgehead atoms. The van der Waals surface area contributed by atoms with Crippen LogP contribution in [0.4, 0.5) is 5.69 Å². The van der Waals surface area contributed by atoms with Crippen LogP contribution in [-0.4, -0.2) is 12.5 Å². The van der Waals surface area contributed by atoms with Crippen molar-refractivity contribution in [3.8, 4) is 0 Å². The lowest BCUT2D eigenvalue weighted by Gasteiger charge is -2.13. The third kappa shape index (κ3) is 7.16. The van der Waals surface area contributed by atoms with E-state index in [1.165, 1.54) is 25.7 Å². The molecule has 1 unspecified atom stereocenters. The fourth-order valence-corrected chi connectivity index (χ4v) is 2.38. The Morgan fingerprint density at radius 3 is 2.52 bits per heavy atom. The van der Waals surface area contributed by atoms with Gasteiger partial charge in [0, 0.05) is 12.2 Å². The van der Waals surface area contributed by atoms with Crippen molar-refractivity contribution in [1.82, 2.24) is 5.32 Å². The number of nitrogen functional groups attached to an aromatic ring is 1. The Morgan fingerprint density at radius 2 is 1.86 bits per heavy atom. The normalized spacial score (nSPS) is 12.4. The van der Waals surface area contributed by atoms with E-state index in [0.717, 1.165) is 24.4 Å². The molecular formula is C18H30N2O. The SMILES string of the molecule is CC(C)CCCCCCNC(=O)C(C)c1cccc(N)c1. The highest BCUT2D eigenvalue weighted by atomic mass is 16.1. The number of rotatable bonds is 9. The molecule has 3 nitrogen and oxygen atoms in total. The molecule has 3 N–H and O–H groups in total. The van der Waals surface area contributed by atoms with E-state index in [0.29, 0.717) is 5.69 Å². The van der Waals surface area contributed by atoms with Gasteiger partial charge in [0.2, 0.25) is 5.91 Å². The van der Waals surface area contributed by atoms with Gasteiger partial charge in [-0.05, 0) is 37.0 Å². The molecule has 118 valence electrons. The molecule has 1 amide bonds. The molecule has 3 heteroatoms. The van der Waals surface area contributed by atoms with Gasteiger partial charge < -0.3 is 11.1 Å². The molecule has 21 heavy (non-hydrogen) atoms. The van der Waals surface area contributed by atoms with Crippen LogP contribution in [0.5, 0.6) is 0 Å². The summed E-state index contributed by atoms with van der Waals surface area (Å²) >= 11 is 0. The van der Waals surface area contributed by atoms with Crippen molar-refractivity contribution < 1.29 is 4.79 Å². The van der Waals surface area contributed by atoms with Gasteiger partial charge in [-0.25, -0.2) is 0 Å². The molecule has 0 aromatic heterocycles. The second-order valence-corrected chi connectivity index (χ2v) is 6.28. The second kappa shape index (κ2) is 9.43. The van der Waals surface area contributed by atoms with Crippen LogP contribution in [0.2, 0.25) is 0 Å². The number of benzene rings is 1. The van der Waals surface area contributed by atoms with Crippen LogP contribution in [0, 0.1) is 5.92 Å². The number of hydrogen-bond acceptors (Lipinski definition) is 2. The molecule has 1 rings (SSSR count). The zero-order chi connectivity index (χ0) is 15.7. The molecule has 0 saturated heterocycles. The molecule has 0 aliphatic carbocycles.